The number of alkyl halides is 4. The molecule has 0 saturated carbocycles. The minimum Gasteiger partial charge on any atom is -0.487 e. The van der Waals surface area contributed by atoms with Gasteiger partial charge in [-0.3, -0.25) is 0 Å². The number of hydrogen-bond donors (Lipinski definition) is 1. The third-order valence-corrected chi connectivity index (χ3v) is 4.44. The molecule has 0 amide bonds. The van der Waals surface area contributed by atoms with Gasteiger partial charge in [-0.2, -0.15) is 17.6 Å². The standard InChI is InChI=1S/C21H19F6N3O4/c1-11-13(22)2-3-14(18(11)23)30-19-12-8-16(31-4-6-33-20(24)25)17(9-15(12)28-10-29-19)32-5-7-34-21(26)27/h2-3,8-10,20-21H,4-7H2,1H3,(H,28,29,30). The molecule has 7 nitrogen and oxygen atoms in total. The molecule has 2 aromatic carbocycles. The predicted octanol–water partition coefficient (Wildman–Crippen LogP) is 5.20. The molecule has 0 atom stereocenters. The smallest absolute Gasteiger partial charge is 0.345 e. The Balaban J connectivity index is 1.90. The second kappa shape index (κ2) is 11.7. The average molecular weight is 491 g/mol. The van der Waals surface area contributed by atoms with Gasteiger partial charge in [-0.15, -0.1) is 0 Å². The Morgan fingerprint density at radius 3 is 2.09 bits per heavy atom. The van der Waals surface area contributed by atoms with Gasteiger partial charge < -0.3 is 24.3 Å². The van der Waals surface area contributed by atoms with Crippen molar-refractivity contribution in [1.82, 2.24) is 9.97 Å². The zero-order valence-electron chi connectivity index (χ0n) is 17.7. The maximum absolute atomic E-state index is 14.5. The normalized spacial score (nSPS) is 11.4. The van der Waals surface area contributed by atoms with Gasteiger partial charge in [0, 0.05) is 17.0 Å². The Kier molecular flexibility index (Phi) is 8.71. The van der Waals surface area contributed by atoms with Gasteiger partial charge in [0.25, 0.3) is 0 Å². The van der Waals surface area contributed by atoms with Crippen LogP contribution in [0.2, 0.25) is 0 Å². The van der Waals surface area contributed by atoms with Crippen LogP contribution in [0.5, 0.6) is 11.5 Å². The molecule has 0 radical (unpaired) electrons. The van der Waals surface area contributed by atoms with E-state index < -0.39 is 38.1 Å². The van der Waals surface area contributed by atoms with Crippen molar-refractivity contribution in [3.05, 3.63) is 47.8 Å². The van der Waals surface area contributed by atoms with Crippen molar-refractivity contribution in [2.24, 2.45) is 0 Å². The van der Waals surface area contributed by atoms with Crippen LogP contribution in [-0.2, 0) is 9.47 Å². The fourth-order valence-electron chi connectivity index (χ4n) is 2.85. The van der Waals surface area contributed by atoms with Gasteiger partial charge in [0.1, 0.15) is 31.2 Å². The molecule has 0 aliphatic carbocycles. The number of benzene rings is 2. The first-order valence-corrected chi connectivity index (χ1v) is 9.81. The molecule has 0 unspecified atom stereocenters. The number of nitrogens with one attached hydrogen (secondary N) is 1. The number of rotatable bonds is 12. The molecule has 3 aromatic rings. The molecule has 1 heterocycles. The highest BCUT2D eigenvalue weighted by Gasteiger charge is 2.16. The third-order valence-electron chi connectivity index (χ3n) is 4.44. The molecule has 0 spiro atoms. The summed E-state index contributed by atoms with van der Waals surface area (Å²) in [5, 5.41) is 3.08. The lowest BCUT2D eigenvalue weighted by Crippen LogP contribution is -2.12. The van der Waals surface area contributed by atoms with Crippen LogP contribution in [0.15, 0.2) is 30.6 Å². The maximum atomic E-state index is 14.5. The Hall–Kier alpha value is -3.32. The maximum Gasteiger partial charge on any atom is 0.345 e. The lowest BCUT2D eigenvalue weighted by molar-refractivity contribution is -0.134. The first-order chi connectivity index (χ1) is 16.3. The molecule has 0 fully saturated rings. The van der Waals surface area contributed by atoms with Crippen LogP contribution in [0.1, 0.15) is 5.56 Å². The molecule has 184 valence electrons. The summed E-state index contributed by atoms with van der Waals surface area (Å²) in [4.78, 5) is 8.17. The quantitative estimate of drug-likeness (QED) is 0.276. The highest BCUT2D eigenvalue weighted by molar-refractivity contribution is 5.93. The van der Waals surface area contributed by atoms with Crippen LogP contribution in [-0.4, -0.2) is 49.6 Å². The molecular weight excluding hydrogens is 472 g/mol. The molecule has 0 bridgehead atoms. The summed E-state index contributed by atoms with van der Waals surface area (Å²) in [6, 6.07) is 5.10. The van der Waals surface area contributed by atoms with Crippen molar-refractivity contribution < 1.29 is 45.3 Å². The Morgan fingerprint density at radius 1 is 0.853 bits per heavy atom. The number of ether oxygens (including phenoxy) is 4. The van der Waals surface area contributed by atoms with Crippen molar-refractivity contribution in [2.75, 3.05) is 31.7 Å². The van der Waals surface area contributed by atoms with Crippen LogP contribution in [0.4, 0.5) is 37.8 Å². The highest BCUT2D eigenvalue weighted by atomic mass is 19.3. The second-order valence-electron chi connectivity index (χ2n) is 6.66. The average Bonchev–Trinajstić information content (AvgIpc) is 2.79. The van der Waals surface area contributed by atoms with Gasteiger partial charge in [0.15, 0.2) is 17.3 Å². The fourth-order valence-corrected chi connectivity index (χ4v) is 2.85. The summed E-state index contributed by atoms with van der Waals surface area (Å²) in [5.74, 6) is -1.29. The van der Waals surface area contributed by atoms with E-state index in [1.807, 2.05) is 0 Å². The van der Waals surface area contributed by atoms with Crippen molar-refractivity contribution in [2.45, 2.75) is 20.1 Å². The molecule has 0 aliphatic heterocycles. The molecular formula is C21H19F6N3O4. The van der Waals surface area contributed by atoms with E-state index in [2.05, 4.69) is 24.8 Å². The topological polar surface area (TPSA) is 74.7 Å². The van der Waals surface area contributed by atoms with E-state index in [0.717, 1.165) is 6.07 Å². The Morgan fingerprint density at radius 2 is 1.47 bits per heavy atom. The molecule has 0 saturated heterocycles. The van der Waals surface area contributed by atoms with Gasteiger partial charge >= 0.3 is 13.2 Å². The summed E-state index contributed by atoms with van der Waals surface area (Å²) in [6.45, 7) is -6.11. The van der Waals surface area contributed by atoms with Gasteiger partial charge in [0.05, 0.1) is 24.4 Å². The second-order valence-corrected chi connectivity index (χ2v) is 6.66. The van der Waals surface area contributed by atoms with Crippen molar-refractivity contribution in [1.29, 1.82) is 0 Å². The monoisotopic (exact) mass is 491 g/mol. The van der Waals surface area contributed by atoms with Gasteiger partial charge in [-0.25, -0.2) is 18.7 Å². The number of anilines is 2. The number of nitrogens with zero attached hydrogens (tertiary/aromatic N) is 2. The van der Waals surface area contributed by atoms with Crippen molar-refractivity contribution >= 4 is 22.4 Å². The van der Waals surface area contributed by atoms with E-state index in [-0.39, 0.29) is 41.8 Å². The molecule has 34 heavy (non-hydrogen) atoms. The molecule has 0 aliphatic rings. The van der Waals surface area contributed by atoms with E-state index >= 15 is 0 Å². The van der Waals surface area contributed by atoms with Crippen LogP contribution < -0.4 is 14.8 Å². The van der Waals surface area contributed by atoms with E-state index in [1.165, 1.54) is 31.5 Å². The summed E-state index contributed by atoms with van der Waals surface area (Å²) >= 11 is 0. The largest absolute Gasteiger partial charge is 0.487 e. The summed E-state index contributed by atoms with van der Waals surface area (Å²) in [6.07, 6.45) is 1.18. The van der Waals surface area contributed by atoms with Crippen LogP contribution in [0.25, 0.3) is 10.9 Å². The summed E-state index contributed by atoms with van der Waals surface area (Å²) < 4.78 is 96.0. The molecule has 1 N–H and O–H groups in total. The van der Waals surface area contributed by atoms with Crippen molar-refractivity contribution in [3.8, 4) is 11.5 Å². The van der Waals surface area contributed by atoms with E-state index in [4.69, 9.17) is 9.47 Å². The van der Waals surface area contributed by atoms with Gasteiger partial charge in [0.2, 0.25) is 0 Å². The SMILES string of the molecule is Cc1c(F)ccc(Nc2ncnc3cc(OCCOC(F)F)c(OCCOC(F)F)cc23)c1F. The predicted molar refractivity (Wildman–Crippen MR) is 109 cm³/mol. The van der Waals surface area contributed by atoms with Crippen LogP contribution in [0.3, 0.4) is 0 Å². The van der Waals surface area contributed by atoms with E-state index in [0.29, 0.717) is 10.9 Å². The first kappa shape index (κ1) is 25.3. The number of halogens is 6. The lowest BCUT2D eigenvalue weighted by Gasteiger charge is -2.16. The lowest BCUT2D eigenvalue weighted by atomic mass is 10.1. The zero-order valence-corrected chi connectivity index (χ0v) is 17.7. The minimum atomic E-state index is -2.99. The van der Waals surface area contributed by atoms with Crippen LogP contribution in [0, 0.1) is 18.6 Å². The van der Waals surface area contributed by atoms with E-state index in [9.17, 15) is 26.3 Å². The molecule has 13 heteroatoms. The van der Waals surface area contributed by atoms with E-state index in [1.54, 1.807) is 0 Å². The third kappa shape index (κ3) is 6.60. The first-order valence-electron chi connectivity index (χ1n) is 9.81. The minimum absolute atomic E-state index is 0.0380. The number of hydrogen-bond acceptors (Lipinski definition) is 7. The summed E-state index contributed by atoms with van der Waals surface area (Å²) in [7, 11) is 0. The van der Waals surface area contributed by atoms with Crippen molar-refractivity contribution in [3.63, 3.8) is 0 Å². The molecule has 1 aromatic heterocycles. The molecule has 3 rings (SSSR count). The zero-order chi connectivity index (χ0) is 24.7. The van der Waals surface area contributed by atoms with Gasteiger partial charge in [-0.1, -0.05) is 0 Å². The number of fused-ring (bicyclic) bond motifs is 1. The fraction of sp³-hybridized carbons (Fsp3) is 0.333. The Labute approximate surface area is 189 Å². The van der Waals surface area contributed by atoms with Gasteiger partial charge in [-0.05, 0) is 25.1 Å². The van der Waals surface area contributed by atoms with Crippen LogP contribution >= 0.6 is 0 Å². The Bertz CT molecular complexity index is 1120. The summed E-state index contributed by atoms with van der Waals surface area (Å²) in [5.41, 5.74) is 0.0713. The number of aromatic nitrogens is 2. The highest BCUT2D eigenvalue weighted by Crippen LogP contribution is 2.35.